The SMILES string of the molecule is CC1CCC(Nc2cc3c(cc2[N+](=O)[O-])CCC(=O)N3)C1. The first-order chi connectivity index (χ1) is 10.0. The van der Waals surface area contributed by atoms with E-state index in [0.717, 1.165) is 24.8 Å². The van der Waals surface area contributed by atoms with E-state index in [1.165, 1.54) is 0 Å². The Morgan fingerprint density at radius 2 is 2.14 bits per heavy atom. The summed E-state index contributed by atoms with van der Waals surface area (Å²) in [7, 11) is 0. The van der Waals surface area contributed by atoms with Gasteiger partial charge in [-0.3, -0.25) is 14.9 Å². The number of hydrogen-bond acceptors (Lipinski definition) is 4. The molecule has 1 aromatic rings. The van der Waals surface area contributed by atoms with Gasteiger partial charge in [-0.05, 0) is 43.2 Å². The standard InChI is InChI=1S/C15H19N3O3/c1-9-2-4-11(6-9)16-13-8-12-10(3-5-15(19)17-12)7-14(13)18(20)21/h7-9,11,16H,2-6H2,1H3,(H,17,19). The third-order valence-electron chi connectivity index (χ3n) is 4.37. The molecular formula is C15H19N3O3. The number of carbonyl (C=O) groups is 1. The lowest BCUT2D eigenvalue weighted by Gasteiger charge is -2.20. The molecule has 1 aliphatic heterocycles. The molecule has 6 nitrogen and oxygen atoms in total. The Bertz CT molecular complexity index is 600. The van der Waals surface area contributed by atoms with Crippen LogP contribution < -0.4 is 10.6 Å². The molecule has 0 bridgehead atoms. The van der Waals surface area contributed by atoms with Crippen molar-refractivity contribution < 1.29 is 9.72 Å². The molecule has 1 aliphatic carbocycles. The largest absolute Gasteiger partial charge is 0.377 e. The van der Waals surface area contributed by atoms with Crippen LogP contribution in [0, 0.1) is 16.0 Å². The number of nitrogens with one attached hydrogen (secondary N) is 2. The summed E-state index contributed by atoms with van der Waals surface area (Å²) in [6.07, 6.45) is 4.15. The molecule has 6 heteroatoms. The number of fused-ring (bicyclic) bond motifs is 1. The third kappa shape index (κ3) is 2.84. The molecule has 3 rings (SSSR count). The lowest BCUT2D eigenvalue weighted by molar-refractivity contribution is -0.384. The number of carbonyl (C=O) groups excluding carboxylic acids is 1. The van der Waals surface area contributed by atoms with Crippen LogP contribution in [-0.2, 0) is 11.2 Å². The second-order valence-electron chi connectivity index (χ2n) is 6.09. The van der Waals surface area contributed by atoms with Gasteiger partial charge in [0.2, 0.25) is 5.91 Å². The van der Waals surface area contributed by atoms with Crippen molar-refractivity contribution >= 4 is 23.0 Å². The fourth-order valence-corrected chi connectivity index (χ4v) is 3.24. The smallest absolute Gasteiger partial charge is 0.292 e. The summed E-state index contributed by atoms with van der Waals surface area (Å²) in [5, 5.41) is 17.4. The highest BCUT2D eigenvalue weighted by atomic mass is 16.6. The minimum atomic E-state index is -0.350. The molecular weight excluding hydrogens is 270 g/mol. The van der Waals surface area contributed by atoms with Crippen LogP contribution in [0.15, 0.2) is 12.1 Å². The number of anilines is 2. The quantitative estimate of drug-likeness (QED) is 0.661. The Balaban J connectivity index is 1.91. The number of aryl methyl sites for hydroxylation is 1. The van der Waals surface area contributed by atoms with E-state index in [1.807, 2.05) is 0 Å². The number of nitrogens with zero attached hydrogens (tertiary/aromatic N) is 1. The van der Waals surface area contributed by atoms with Crippen LogP contribution in [-0.4, -0.2) is 16.9 Å². The van der Waals surface area contributed by atoms with E-state index in [4.69, 9.17) is 0 Å². The number of nitro benzene ring substituents is 1. The zero-order valence-corrected chi connectivity index (χ0v) is 12.0. The summed E-state index contributed by atoms with van der Waals surface area (Å²) in [6.45, 7) is 2.20. The zero-order valence-electron chi connectivity index (χ0n) is 12.0. The molecule has 2 unspecified atom stereocenters. The summed E-state index contributed by atoms with van der Waals surface area (Å²) in [4.78, 5) is 22.4. The van der Waals surface area contributed by atoms with Gasteiger partial charge in [0.25, 0.3) is 5.69 Å². The zero-order chi connectivity index (χ0) is 15.0. The molecule has 1 aromatic carbocycles. The van der Waals surface area contributed by atoms with E-state index in [9.17, 15) is 14.9 Å². The number of rotatable bonds is 3. The Kier molecular flexibility index (Phi) is 3.53. The molecule has 1 saturated carbocycles. The average molecular weight is 289 g/mol. The Hall–Kier alpha value is -2.11. The molecule has 21 heavy (non-hydrogen) atoms. The van der Waals surface area contributed by atoms with Crippen LogP contribution in [0.4, 0.5) is 17.1 Å². The number of amides is 1. The first-order valence-electron chi connectivity index (χ1n) is 7.40. The van der Waals surface area contributed by atoms with Gasteiger partial charge in [-0.1, -0.05) is 6.92 Å². The molecule has 1 fully saturated rings. The first kappa shape index (κ1) is 13.9. The maximum absolute atomic E-state index is 11.5. The molecule has 1 amide bonds. The number of benzene rings is 1. The van der Waals surface area contributed by atoms with Crippen LogP contribution in [0.1, 0.15) is 38.2 Å². The summed E-state index contributed by atoms with van der Waals surface area (Å²) in [6, 6.07) is 3.58. The highest BCUT2D eigenvalue weighted by Crippen LogP contribution is 2.36. The van der Waals surface area contributed by atoms with Crippen molar-refractivity contribution in [1.82, 2.24) is 0 Å². The predicted octanol–water partition coefficient (Wildman–Crippen LogP) is 3.08. The van der Waals surface area contributed by atoms with Crippen molar-refractivity contribution in [3.63, 3.8) is 0 Å². The minimum absolute atomic E-state index is 0.0307. The first-order valence-corrected chi connectivity index (χ1v) is 7.40. The van der Waals surface area contributed by atoms with Gasteiger partial charge in [0.05, 0.1) is 4.92 Å². The summed E-state index contributed by atoms with van der Waals surface area (Å²) in [5.41, 5.74) is 2.15. The van der Waals surface area contributed by atoms with E-state index in [0.29, 0.717) is 30.1 Å². The van der Waals surface area contributed by atoms with E-state index < -0.39 is 0 Å². The van der Waals surface area contributed by atoms with E-state index in [-0.39, 0.29) is 22.6 Å². The highest BCUT2D eigenvalue weighted by Gasteiger charge is 2.26. The maximum atomic E-state index is 11.5. The van der Waals surface area contributed by atoms with Crippen LogP contribution >= 0.6 is 0 Å². The Labute approximate surface area is 123 Å². The van der Waals surface area contributed by atoms with E-state index in [2.05, 4.69) is 17.6 Å². The summed E-state index contributed by atoms with van der Waals surface area (Å²) in [5.74, 6) is 0.621. The van der Waals surface area contributed by atoms with Gasteiger partial charge in [0.1, 0.15) is 5.69 Å². The molecule has 112 valence electrons. The van der Waals surface area contributed by atoms with Crippen LogP contribution in [0.3, 0.4) is 0 Å². The van der Waals surface area contributed by atoms with Gasteiger partial charge >= 0.3 is 0 Å². The van der Waals surface area contributed by atoms with Crippen molar-refractivity contribution in [2.75, 3.05) is 10.6 Å². The van der Waals surface area contributed by atoms with Crippen molar-refractivity contribution in [2.45, 2.75) is 45.1 Å². The van der Waals surface area contributed by atoms with Crippen LogP contribution in [0.25, 0.3) is 0 Å². The molecule has 0 radical (unpaired) electrons. The van der Waals surface area contributed by atoms with Crippen molar-refractivity contribution in [3.8, 4) is 0 Å². The molecule has 2 atom stereocenters. The average Bonchev–Trinajstić information content (AvgIpc) is 2.83. The molecule has 0 saturated heterocycles. The third-order valence-corrected chi connectivity index (χ3v) is 4.37. The molecule has 0 aromatic heterocycles. The maximum Gasteiger partial charge on any atom is 0.292 e. The topological polar surface area (TPSA) is 84.3 Å². The monoisotopic (exact) mass is 289 g/mol. The summed E-state index contributed by atoms with van der Waals surface area (Å²) >= 11 is 0. The second kappa shape index (κ2) is 5.35. The van der Waals surface area contributed by atoms with Gasteiger partial charge in [0, 0.05) is 24.2 Å². The Morgan fingerprint density at radius 1 is 1.33 bits per heavy atom. The van der Waals surface area contributed by atoms with Crippen LogP contribution in [0.2, 0.25) is 0 Å². The molecule has 0 spiro atoms. The van der Waals surface area contributed by atoms with Crippen molar-refractivity contribution in [2.24, 2.45) is 5.92 Å². The predicted molar refractivity (Wildman–Crippen MR) is 80.5 cm³/mol. The van der Waals surface area contributed by atoms with E-state index in [1.54, 1.807) is 12.1 Å². The fraction of sp³-hybridized carbons (Fsp3) is 0.533. The second-order valence-corrected chi connectivity index (χ2v) is 6.09. The lowest BCUT2D eigenvalue weighted by Crippen LogP contribution is -2.21. The van der Waals surface area contributed by atoms with Gasteiger partial charge < -0.3 is 10.6 Å². The van der Waals surface area contributed by atoms with Gasteiger partial charge in [-0.2, -0.15) is 0 Å². The number of nitro groups is 1. The van der Waals surface area contributed by atoms with Crippen molar-refractivity contribution in [1.29, 1.82) is 0 Å². The summed E-state index contributed by atoms with van der Waals surface area (Å²) < 4.78 is 0. The van der Waals surface area contributed by atoms with Gasteiger partial charge in [-0.15, -0.1) is 0 Å². The lowest BCUT2D eigenvalue weighted by atomic mass is 10.0. The van der Waals surface area contributed by atoms with Gasteiger partial charge in [-0.25, -0.2) is 0 Å². The minimum Gasteiger partial charge on any atom is -0.377 e. The van der Waals surface area contributed by atoms with Crippen LogP contribution in [0.5, 0.6) is 0 Å². The molecule has 2 N–H and O–H groups in total. The molecule has 1 heterocycles. The normalized spacial score (nSPS) is 24.3. The van der Waals surface area contributed by atoms with Crippen molar-refractivity contribution in [3.05, 3.63) is 27.8 Å². The van der Waals surface area contributed by atoms with Gasteiger partial charge in [0.15, 0.2) is 0 Å². The Morgan fingerprint density at radius 3 is 2.81 bits per heavy atom. The highest BCUT2D eigenvalue weighted by molar-refractivity contribution is 5.95. The number of hydrogen-bond donors (Lipinski definition) is 2. The fourth-order valence-electron chi connectivity index (χ4n) is 3.24. The van der Waals surface area contributed by atoms with E-state index >= 15 is 0 Å². The molecule has 2 aliphatic rings.